The van der Waals surface area contributed by atoms with Crippen LogP contribution in [0.25, 0.3) is 10.8 Å². The number of aryl methyl sites for hydroxylation is 1. The molecular weight excluding hydrogens is 382 g/mol. The highest BCUT2D eigenvalue weighted by Gasteiger charge is 2.24. The molecule has 0 fully saturated rings. The highest BCUT2D eigenvalue weighted by atomic mass is 19.4. The third-order valence-corrected chi connectivity index (χ3v) is 3.90. The number of alkyl halides is 3. The van der Waals surface area contributed by atoms with Gasteiger partial charge in [-0.05, 0) is 48.2 Å². The van der Waals surface area contributed by atoms with Crippen LogP contribution in [-0.4, -0.2) is 6.18 Å². The van der Waals surface area contributed by atoms with E-state index in [1.807, 2.05) is 19.1 Å². The Balaban J connectivity index is 1.97. The van der Waals surface area contributed by atoms with E-state index >= 15 is 0 Å². The van der Waals surface area contributed by atoms with Gasteiger partial charge in [-0.25, -0.2) is 13.2 Å². The van der Waals surface area contributed by atoms with Crippen molar-refractivity contribution in [3.63, 3.8) is 0 Å². The Hall–Kier alpha value is -3.14. The van der Waals surface area contributed by atoms with Crippen molar-refractivity contribution in [2.24, 2.45) is 0 Å². The van der Waals surface area contributed by atoms with E-state index in [9.17, 15) is 26.3 Å². The molecule has 0 amide bonds. The third kappa shape index (κ3) is 4.39. The van der Waals surface area contributed by atoms with Crippen LogP contribution in [0.15, 0.2) is 42.5 Å². The van der Waals surface area contributed by atoms with Crippen LogP contribution in [0.2, 0.25) is 0 Å². The van der Waals surface area contributed by atoms with Crippen molar-refractivity contribution >= 4 is 10.8 Å². The molecule has 0 unspecified atom stereocenters. The predicted molar refractivity (Wildman–Crippen MR) is 92.3 cm³/mol. The molecule has 0 saturated carbocycles. The molecule has 0 aromatic heterocycles. The van der Waals surface area contributed by atoms with Gasteiger partial charge in [-0.3, -0.25) is 0 Å². The van der Waals surface area contributed by atoms with Gasteiger partial charge in [0.1, 0.15) is 24.0 Å². The Labute approximate surface area is 156 Å². The van der Waals surface area contributed by atoms with Gasteiger partial charge in [-0.15, -0.1) is 0 Å². The average molecular weight is 394 g/mol. The van der Waals surface area contributed by atoms with Gasteiger partial charge in [0.2, 0.25) is 0 Å². The summed E-state index contributed by atoms with van der Waals surface area (Å²) in [5.41, 5.74) is 0.199. The van der Waals surface area contributed by atoms with Crippen molar-refractivity contribution in [2.45, 2.75) is 19.7 Å². The number of ether oxygens (including phenoxy) is 1. The lowest BCUT2D eigenvalue weighted by molar-refractivity contribution is -0.0696. The maximum atomic E-state index is 14.4. The largest absolute Gasteiger partial charge is 0.489 e. The summed E-state index contributed by atoms with van der Waals surface area (Å²) in [7, 11) is 0. The van der Waals surface area contributed by atoms with E-state index < -0.39 is 34.6 Å². The molecule has 0 aliphatic heterocycles. The standard InChI is InChI=1S/C21H12F6O/c1-12-2-4-15(5-3-12)28-11-13-8-14-10-17(22)16(6-7-21(25,26)27)20(24)19(14)18(23)9-13/h2-5,8-10H,11H2,1H3. The van der Waals surface area contributed by atoms with E-state index in [0.29, 0.717) is 11.3 Å². The fourth-order valence-corrected chi connectivity index (χ4v) is 2.60. The lowest BCUT2D eigenvalue weighted by atomic mass is 10.0. The van der Waals surface area contributed by atoms with Gasteiger partial charge < -0.3 is 4.74 Å². The van der Waals surface area contributed by atoms with E-state index in [-0.39, 0.29) is 12.0 Å². The molecule has 0 bridgehead atoms. The first kappa shape index (κ1) is 19.6. The molecule has 7 heteroatoms. The zero-order valence-electron chi connectivity index (χ0n) is 14.4. The molecule has 0 radical (unpaired) electrons. The minimum Gasteiger partial charge on any atom is -0.489 e. The van der Waals surface area contributed by atoms with Crippen molar-refractivity contribution in [1.29, 1.82) is 0 Å². The number of hydrogen-bond donors (Lipinski definition) is 0. The number of rotatable bonds is 3. The maximum absolute atomic E-state index is 14.4. The normalized spacial score (nSPS) is 11.2. The molecular formula is C21H12F6O. The molecule has 0 N–H and O–H groups in total. The van der Waals surface area contributed by atoms with Crippen molar-refractivity contribution < 1.29 is 31.1 Å². The Morgan fingerprint density at radius 3 is 2.25 bits per heavy atom. The first-order chi connectivity index (χ1) is 13.1. The number of fused-ring (bicyclic) bond motifs is 1. The van der Waals surface area contributed by atoms with Crippen LogP contribution in [0.1, 0.15) is 16.7 Å². The Kier molecular flexibility index (Phi) is 5.23. The second-order valence-corrected chi connectivity index (χ2v) is 6.07. The van der Waals surface area contributed by atoms with E-state index in [1.54, 1.807) is 12.1 Å². The minimum atomic E-state index is -4.93. The fraction of sp³-hybridized carbons (Fsp3) is 0.143. The molecule has 28 heavy (non-hydrogen) atoms. The molecule has 0 aliphatic rings. The predicted octanol–water partition coefficient (Wildman–Crippen LogP) is 6.06. The van der Waals surface area contributed by atoms with Crippen LogP contribution >= 0.6 is 0 Å². The van der Waals surface area contributed by atoms with Gasteiger partial charge in [-0.2, -0.15) is 13.2 Å². The van der Waals surface area contributed by atoms with Crippen molar-refractivity contribution in [1.82, 2.24) is 0 Å². The van der Waals surface area contributed by atoms with Crippen molar-refractivity contribution in [2.75, 3.05) is 0 Å². The molecule has 1 nitrogen and oxygen atoms in total. The minimum absolute atomic E-state index is 0.0607. The van der Waals surface area contributed by atoms with Gasteiger partial charge in [-0.1, -0.05) is 23.6 Å². The molecule has 3 rings (SSSR count). The average Bonchev–Trinajstić information content (AvgIpc) is 2.59. The molecule has 3 aromatic carbocycles. The molecule has 0 aliphatic carbocycles. The van der Waals surface area contributed by atoms with Crippen LogP contribution in [0, 0.1) is 36.2 Å². The van der Waals surface area contributed by atoms with Crippen LogP contribution in [0.4, 0.5) is 26.3 Å². The summed E-state index contributed by atoms with van der Waals surface area (Å²) in [5.74, 6) is -1.13. The van der Waals surface area contributed by atoms with Gasteiger partial charge in [0.05, 0.1) is 10.9 Å². The smallest absolute Gasteiger partial charge is 0.458 e. The summed E-state index contributed by atoms with van der Waals surface area (Å²) < 4.78 is 84.9. The summed E-state index contributed by atoms with van der Waals surface area (Å²) in [6.07, 6.45) is -4.93. The highest BCUT2D eigenvalue weighted by Crippen LogP contribution is 2.28. The van der Waals surface area contributed by atoms with Gasteiger partial charge in [0.25, 0.3) is 0 Å². The summed E-state index contributed by atoms with van der Waals surface area (Å²) in [6.45, 7) is 1.84. The topological polar surface area (TPSA) is 9.23 Å². The Morgan fingerprint density at radius 2 is 1.61 bits per heavy atom. The molecule has 3 aromatic rings. The van der Waals surface area contributed by atoms with E-state index in [1.165, 1.54) is 12.0 Å². The number of halogens is 6. The summed E-state index contributed by atoms with van der Waals surface area (Å²) in [6, 6.07) is 10.1. The van der Waals surface area contributed by atoms with E-state index in [2.05, 4.69) is 0 Å². The quantitative estimate of drug-likeness (QED) is 0.388. The molecule has 0 spiro atoms. The molecule has 0 saturated heterocycles. The third-order valence-electron chi connectivity index (χ3n) is 3.90. The second-order valence-electron chi connectivity index (χ2n) is 6.07. The summed E-state index contributed by atoms with van der Waals surface area (Å²) >= 11 is 0. The monoisotopic (exact) mass is 394 g/mol. The fourth-order valence-electron chi connectivity index (χ4n) is 2.60. The first-order valence-corrected chi connectivity index (χ1v) is 8.03. The molecule has 0 atom stereocenters. The highest BCUT2D eigenvalue weighted by molar-refractivity contribution is 5.86. The molecule has 0 heterocycles. The Bertz CT molecular complexity index is 1090. The van der Waals surface area contributed by atoms with E-state index in [0.717, 1.165) is 23.6 Å². The second kappa shape index (κ2) is 7.47. The zero-order chi connectivity index (χ0) is 20.5. The molecule has 144 valence electrons. The van der Waals surface area contributed by atoms with Crippen LogP contribution in [-0.2, 0) is 6.61 Å². The lowest BCUT2D eigenvalue weighted by Gasteiger charge is -2.10. The van der Waals surface area contributed by atoms with Crippen molar-refractivity contribution in [3.05, 3.63) is 76.6 Å². The van der Waals surface area contributed by atoms with Gasteiger partial charge >= 0.3 is 6.18 Å². The SMILES string of the molecule is Cc1ccc(OCc2cc(F)c3c(F)c(C#CC(F)(F)F)c(F)cc3c2)cc1. The Morgan fingerprint density at radius 1 is 0.929 bits per heavy atom. The summed E-state index contributed by atoms with van der Waals surface area (Å²) in [5, 5.41) is -0.776. The number of benzene rings is 3. The van der Waals surface area contributed by atoms with Crippen molar-refractivity contribution in [3.8, 4) is 17.6 Å². The maximum Gasteiger partial charge on any atom is 0.458 e. The lowest BCUT2D eigenvalue weighted by Crippen LogP contribution is -2.03. The van der Waals surface area contributed by atoms with E-state index in [4.69, 9.17) is 4.74 Å². The van der Waals surface area contributed by atoms with Gasteiger partial charge in [0.15, 0.2) is 5.82 Å². The summed E-state index contributed by atoms with van der Waals surface area (Å²) in [4.78, 5) is 0. The first-order valence-electron chi connectivity index (χ1n) is 8.03. The number of hydrogen-bond acceptors (Lipinski definition) is 1. The van der Waals surface area contributed by atoms with Crippen LogP contribution < -0.4 is 4.74 Å². The van der Waals surface area contributed by atoms with Crippen LogP contribution in [0.5, 0.6) is 5.75 Å². The zero-order valence-corrected chi connectivity index (χ0v) is 14.4. The van der Waals surface area contributed by atoms with Crippen LogP contribution in [0.3, 0.4) is 0 Å². The van der Waals surface area contributed by atoms with Gasteiger partial charge in [0, 0.05) is 5.92 Å².